The number of aryl methyl sites for hydroxylation is 1. The van der Waals surface area contributed by atoms with Crippen molar-refractivity contribution in [2.75, 3.05) is 19.0 Å². The third-order valence-electron chi connectivity index (χ3n) is 5.59. The van der Waals surface area contributed by atoms with Crippen molar-refractivity contribution in [3.8, 4) is 0 Å². The molecule has 3 N–H and O–H groups in total. The third kappa shape index (κ3) is 5.73. The summed E-state index contributed by atoms with van der Waals surface area (Å²) in [6.45, 7) is 0.0158. The second kappa shape index (κ2) is 9.84. The number of imidazole rings is 1. The molecule has 2 amide bonds. The molecule has 0 saturated heterocycles. The minimum absolute atomic E-state index is 0.0729. The number of halogens is 3. The standard InChI is InChI=1S/C23H23F3N6O4/c1-12-3-5-16-20(28-12)31-18(30-16)9-27-21(34)13-4-6-15-14(7-13)10-32(11-23(24,25)26)22(35)17(29-15)8-19(33)36-2/h3-7,17,29H,8-11H2,1-2H3,(H,27,34)(H,28,30,31). The normalized spacial score (nSPS) is 15.8. The molecule has 4 rings (SSSR count). The molecule has 190 valence electrons. The van der Waals surface area contributed by atoms with Crippen molar-refractivity contribution in [2.24, 2.45) is 0 Å². The number of esters is 1. The number of aromatic amines is 1. The molecule has 13 heteroatoms. The van der Waals surface area contributed by atoms with Gasteiger partial charge in [0, 0.05) is 23.5 Å². The lowest BCUT2D eigenvalue weighted by molar-refractivity contribution is -0.163. The van der Waals surface area contributed by atoms with Gasteiger partial charge in [-0.2, -0.15) is 13.2 Å². The van der Waals surface area contributed by atoms with E-state index in [0.29, 0.717) is 27.6 Å². The van der Waals surface area contributed by atoms with E-state index in [9.17, 15) is 27.6 Å². The molecule has 10 nitrogen and oxygen atoms in total. The van der Waals surface area contributed by atoms with Crippen LogP contribution in [0.25, 0.3) is 11.2 Å². The molecule has 36 heavy (non-hydrogen) atoms. The zero-order chi connectivity index (χ0) is 26.0. The van der Waals surface area contributed by atoms with Crippen LogP contribution in [0, 0.1) is 6.92 Å². The van der Waals surface area contributed by atoms with Gasteiger partial charge in [-0.15, -0.1) is 0 Å². The molecule has 1 aliphatic rings. The maximum atomic E-state index is 13.2. The topological polar surface area (TPSA) is 129 Å². The molecule has 0 spiro atoms. The van der Waals surface area contributed by atoms with E-state index in [4.69, 9.17) is 0 Å². The summed E-state index contributed by atoms with van der Waals surface area (Å²) in [5.74, 6) is -1.64. The molecule has 2 aromatic heterocycles. The second-order valence-electron chi connectivity index (χ2n) is 8.35. The number of alkyl halides is 3. The van der Waals surface area contributed by atoms with Gasteiger partial charge in [0.2, 0.25) is 5.91 Å². The van der Waals surface area contributed by atoms with Crippen molar-refractivity contribution < 1.29 is 32.3 Å². The number of nitrogens with one attached hydrogen (secondary N) is 3. The maximum absolute atomic E-state index is 13.2. The van der Waals surface area contributed by atoms with E-state index in [2.05, 4.69) is 30.3 Å². The highest BCUT2D eigenvalue weighted by molar-refractivity contribution is 5.96. The fourth-order valence-electron chi connectivity index (χ4n) is 3.89. The van der Waals surface area contributed by atoms with Crippen LogP contribution in [0.2, 0.25) is 0 Å². The first-order valence-electron chi connectivity index (χ1n) is 10.9. The van der Waals surface area contributed by atoms with Gasteiger partial charge in [-0.25, -0.2) is 9.97 Å². The van der Waals surface area contributed by atoms with E-state index in [-0.39, 0.29) is 12.1 Å². The highest BCUT2D eigenvalue weighted by atomic mass is 19.4. The average Bonchev–Trinajstić information content (AvgIpc) is 3.17. The number of carbonyl (C=O) groups excluding carboxylic acids is 3. The predicted molar refractivity (Wildman–Crippen MR) is 122 cm³/mol. The molecule has 1 unspecified atom stereocenters. The molecule has 1 aromatic carbocycles. The summed E-state index contributed by atoms with van der Waals surface area (Å²) in [5.41, 5.74) is 2.87. The second-order valence-corrected chi connectivity index (χ2v) is 8.35. The SMILES string of the molecule is COC(=O)CC1Nc2ccc(C(=O)NCc3nc4nc(C)ccc4[nH]3)cc2CN(CC(F)(F)F)C1=O. The highest BCUT2D eigenvalue weighted by Crippen LogP contribution is 2.28. The van der Waals surface area contributed by atoms with E-state index in [1.807, 2.05) is 19.1 Å². The summed E-state index contributed by atoms with van der Waals surface area (Å²) in [7, 11) is 1.12. The van der Waals surface area contributed by atoms with Crippen molar-refractivity contribution in [1.29, 1.82) is 0 Å². The van der Waals surface area contributed by atoms with Crippen LogP contribution in [-0.2, 0) is 27.4 Å². The van der Waals surface area contributed by atoms with Crippen LogP contribution in [0.4, 0.5) is 18.9 Å². The van der Waals surface area contributed by atoms with E-state index in [0.717, 1.165) is 18.3 Å². The van der Waals surface area contributed by atoms with Gasteiger partial charge in [0.25, 0.3) is 5.91 Å². The number of H-pyrrole nitrogens is 1. The minimum atomic E-state index is -4.65. The number of rotatable bonds is 6. The summed E-state index contributed by atoms with van der Waals surface area (Å²) in [4.78, 5) is 49.6. The van der Waals surface area contributed by atoms with Crippen LogP contribution in [0.3, 0.4) is 0 Å². The van der Waals surface area contributed by atoms with E-state index >= 15 is 0 Å². The Morgan fingerprint density at radius 1 is 1.22 bits per heavy atom. The molecule has 1 aliphatic heterocycles. The van der Waals surface area contributed by atoms with Crippen LogP contribution in [0.1, 0.15) is 33.9 Å². The fraction of sp³-hybridized carbons (Fsp3) is 0.348. The van der Waals surface area contributed by atoms with Crippen molar-refractivity contribution >= 4 is 34.6 Å². The molecule has 1 atom stereocenters. The quantitative estimate of drug-likeness (QED) is 0.440. The fourth-order valence-corrected chi connectivity index (χ4v) is 3.89. The number of amides is 2. The first kappa shape index (κ1) is 24.9. The Kier molecular flexibility index (Phi) is 6.82. The Bertz CT molecular complexity index is 1320. The number of nitrogens with zero attached hydrogens (tertiary/aromatic N) is 3. The minimum Gasteiger partial charge on any atom is -0.469 e. The summed E-state index contributed by atoms with van der Waals surface area (Å²) in [5, 5.41) is 5.53. The zero-order valence-corrected chi connectivity index (χ0v) is 19.4. The Balaban J connectivity index is 1.53. The number of methoxy groups -OCH3 is 1. The van der Waals surface area contributed by atoms with Gasteiger partial charge in [0.1, 0.15) is 18.4 Å². The molecular formula is C23H23F3N6O4. The monoisotopic (exact) mass is 504 g/mol. The highest BCUT2D eigenvalue weighted by Gasteiger charge is 2.38. The van der Waals surface area contributed by atoms with Gasteiger partial charge in [0.05, 0.1) is 25.6 Å². The Hall–Kier alpha value is -4.16. The number of carbonyl (C=O) groups is 3. The van der Waals surface area contributed by atoms with Crippen molar-refractivity contribution in [3.05, 3.63) is 53.0 Å². The lowest BCUT2D eigenvalue weighted by Crippen LogP contribution is -2.45. The number of hydrogen-bond donors (Lipinski definition) is 3. The van der Waals surface area contributed by atoms with E-state index < -0.39 is 49.5 Å². The number of fused-ring (bicyclic) bond motifs is 2. The number of pyridine rings is 1. The lowest BCUT2D eigenvalue weighted by atomic mass is 10.1. The molecular weight excluding hydrogens is 481 g/mol. The molecule has 3 heterocycles. The number of ether oxygens (including phenoxy) is 1. The zero-order valence-electron chi connectivity index (χ0n) is 19.4. The first-order valence-corrected chi connectivity index (χ1v) is 10.9. The number of benzene rings is 1. The Labute approximate surface area is 203 Å². The molecule has 0 radical (unpaired) electrons. The van der Waals surface area contributed by atoms with Crippen molar-refractivity contribution in [3.63, 3.8) is 0 Å². The summed E-state index contributed by atoms with van der Waals surface area (Å²) >= 11 is 0. The van der Waals surface area contributed by atoms with Gasteiger partial charge in [-0.3, -0.25) is 14.4 Å². The summed E-state index contributed by atoms with van der Waals surface area (Å²) < 4.78 is 44.1. The predicted octanol–water partition coefficient (Wildman–Crippen LogP) is 2.44. The summed E-state index contributed by atoms with van der Waals surface area (Å²) in [6.07, 6.45) is -5.10. The number of aromatic nitrogens is 3. The lowest BCUT2D eigenvalue weighted by Gasteiger charge is -2.25. The Morgan fingerprint density at radius 3 is 2.72 bits per heavy atom. The molecule has 0 saturated carbocycles. The van der Waals surface area contributed by atoms with Crippen molar-refractivity contribution in [1.82, 2.24) is 25.2 Å². The van der Waals surface area contributed by atoms with Gasteiger partial charge in [-0.1, -0.05) is 0 Å². The van der Waals surface area contributed by atoms with Crippen LogP contribution in [-0.4, -0.2) is 63.5 Å². The Morgan fingerprint density at radius 2 is 2.00 bits per heavy atom. The maximum Gasteiger partial charge on any atom is 0.406 e. The van der Waals surface area contributed by atoms with E-state index in [1.54, 1.807) is 0 Å². The van der Waals surface area contributed by atoms with Crippen molar-refractivity contribution in [2.45, 2.75) is 38.7 Å². The van der Waals surface area contributed by atoms with Crippen LogP contribution in [0.15, 0.2) is 30.3 Å². The van der Waals surface area contributed by atoms with Gasteiger partial charge in [-0.05, 0) is 42.8 Å². The first-order chi connectivity index (χ1) is 17.0. The smallest absolute Gasteiger partial charge is 0.406 e. The number of hydrogen-bond acceptors (Lipinski definition) is 7. The molecule has 3 aromatic rings. The van der Waals surface area contributed by atoms with Crippen LogP contribution >= 0.6 is 0 Å². The average molecular weight is 504 g/mol. The number of anilines is 1. The van der Waals surface area contributed by atoms with Gasteiger partial charge >= 0.3 is 12.1 Å². The van der Waals surface area contributed by atoms with Crippen LogP contribution < -0.4 is 10.6 Å². The molecule has 0 bridgehead atoms. The van der Waals surface area contributed by atoms with Gasteiger partial charge < -0.3 is 25.3 Å². The largest absolute Gasteiger partial charge is 0.469 e. The molecule has 0 fully saturated rings. The van der Waals surface area contributed by atoms with Gasteiger partial charge in [0.15, 0.2) is 5.65 Å². The third-order valence-corrected chi connectivity index (χ3v) is 5.59. The molecule has 0 aliphatic carbocycles. The van der Waals surface area contributed by atoms with Crippen LogP contribution in [0.5, 0.6) is 0 Å². The van der Waals surface area contributed by atoms with E-state index in [1.165, 1.54) is 18.2 Å². The summed E-state index contributed by atoms with van der Waals surface area (Å²) in [6, 6.07) is 6.80.